The number of thiophene rings is 1. The molecule has 0 saturated heterocycles. The third-order valence-corrected chi connectivity index (χ3v) is 4.34. The molecule has 0 aliphatic carbocycles. The first kappa shape index (κ1) is 12.0. The van der Waals surface area contributed by atoms with Gasteiger partial charge in [0.15, 0.2) is 0 Å². The van der Waals surface area contributed by atoms with Gasteiger partial charge < -0.3 is 5.11 Å². The molecule has 17 heavy (non-hydrogen) atoms. The molecule has 0 fully saturated rings. The topological polar surface area (TPSA) is 92.2 Å². The summed E-state index contributed by atoms with van der Waals surface area (Å²) >= 11 is 1.19. The maximum atomic E-state index is 11.9. The Bertz CT molecular complexity index is 595. The maximum absolute atomic E-state index is 11.9. The molecule has 90 valence electrons. The fourth-order valence-electron chi connectivity index (χ4n) is 1.15. The molecular formula is C9H9N3O3S2. The van der Waals surface area contributed by atoms with Gasteiger partial charge >= 0.3 is 0 Å². The van der Waals surface area contributed by atoms with Crippen LogP contribution in [0.5, 0.6) is 0 Å². The van der Waals surface area contributed by atoms with Gasteiger partial charge in [-0.25, -0.2) is 18.4 Å². The van der Waals surface area contributed by atoms with Crippen molar-refractivity contribution >= 4 is 27.0 Å². The van der Waals surface area contributed by atoms with Crippen molar-refractivity contribution < 1.29 is 13.5 Å². The molecule has 6 nitrogen and oxygen atoms in total. The molecule has 0 radical (unpaired) electrons. The average Bonchev–Trinajstić information content (AvgIpc) is 2.79. The highest BCUT2D eigenvalue weighted by Crippen LogP contribution is 2.21. The van der Waals surface area contributed by atoms with Crippen LogP contribution in [0.2, 0.25) is 0 Å². The summed E-state index contributed by atoms with van der Waals surface area (Å²) in [5, 5.41) is 10.4. The minimum Gasteiger partial charge on any atom is -0.391 e. The lowest BCUT2D eigenvalue weighted by Crippen LogP contribution is -2.12. The fraction of sp³-hybridized carbons (Fsp3) is 0.111. The van der Waals surface area contributed by atoms with E-state index in [4.69, 9.17) is 5.11 Å². The van der Waals surface area contributed by atoms with Crippen molar-refractivity contribution in [3.63, 3.8) is 0 Å². The van der Waals surface area contributed by atoms with E-state index in [1.54, 1.807) is 0 Å². The lowest BCUT2D eigenvalue weighted by Gasteiger charge is -2.04. The minimum absolute atomic E-state index is 0.121. The molecule has 2 aromatic rings. The predicted octanol–water partition coefficient (Wildman–Crippen LogP) is 0.831. The number of sulfonamides is 1. The second-order valence-corrected chi connectivity index (χ2v) is 5.82. The van der Waals surface area contributed by atoms with Crippen LogP contribution in [0.15, 0.2) is 35.1 Å². The van der Waals surface area contributed by atoms with Gasteiger partial charge in [0.1, 0.15) is 6.33 Å². The van der Waals surface area contributed by atoms with Crippen LogP contribution in [-0.2, 0) is 16.6 Å². The van der Waals surface area contributed by atoms with E-state index in [0.29, 0.717) is 10.6 Å². The van der Waals surface area contributed by atoms with Crippen LogP contribution in [0.25, 0.3) is 0 Å². The van der Waals surface area contributed by atoms with E-state index in [9.17, 15) is 8.42 Å². The second-order valence-electron chi connectivity index (χ2n) is 3.14. The zero-order valence-electron chi connectivity index (χ0n) is 8.57. The van der Waals surface area contributed by atoms with Gasteiger partial charge in [0.05, 0.1) is 29.6 Å². The fourth-order valence-corrected chi connectivity index (χ4v) is 3.31. The highest BCUT2D eigenvalue weighted by atomic mass is 32.2. The van der Waals surface area contributed by atoms with E-state index in [1.165, 1.54) is 41.5 Å². The van der Waals surface area contributed by atoms with E-state index in [1.807, 2.05) is 0 Å². The van der Waals surface area contributed by atoms with E-state index in [-0.39, 0.29) is 11.5 Å². The van der Waals surface area contributed by atoms with Gasteiger partial charge in [-0.2, -0.15) is 0 Å². The van der Waals surface area contributed by atoms with Gasteiger partial charge in [0, 0.05) is 10.3 Å². The van der Waals surface area contributed by atoms with Crippen molar-refractivity contribution in [2.75, 3.05) is 4.72 Å². The first-order chi connectivity index (χ1) is 8.12. The zero-order valence-corrected chi connectivity index (χ0v) is 10.2. The molecule has 0 aliphatic heterocycles. The smallest absolute Gasteiger partial charge is 0.262 e. The molecular weight excluding hydrogens is 262 g/mol. The molecule has 0 aromatic carbocycles. The van der Waals surface area contributed by atoms with Gasteiger partial charge in [-0.1, -0.05) is 0 Å². The van der Waals surface area contributed by atoms with Crippen molar-refractivity contribution in [3.05, 3.63) is 35.0 Å². The summed E-state index contributed by atoms with van der Waals surface area (Å²) in [6.07, 6.45) is 4.04. The number of aliphatic hydroxyl groups excluding tert-OH is 1. The SMILES string of the molecule is O=S(=O)(Nc1cncnc1)c1csc(CO)c1. The molecule has 0 unspecified atom stereocenters. The van der Waals surface area contributed by atoms with Crippen molar-refractivity contribution in [2.24, 2.45) is 0 Å². The number of hydrogen-bond acceptors (Lipinski definition) is 6. The number of nitrogens with zero attached hydrogens (tertiary/aromatic N) is 2. The first-order valence-corrected chi connectivity index (χ1v) is 6.94. The van der Waals surface area contributed by atoms with Crippen LogP contribution >= 0.6 is 11.3 Å². The van der Waals surface area contributed by atoms with Crippen molar-refractivity contribution in [3.8, 4) is 0 Å². The molecule has 0 saturated carbocycles. The van der Waals surface area contributed by atoms with E-state index in [0.717, 1.165) is 0 Å². The summed E-state index contributed by atoms with van der Waals surface area (Å²) in [6, 6.07) is 1.43. The van der Waals surface area contributed by atoms with E-state index in [2.05, 4.69) is 14.7 Å². The van der Waals surface area contributed by atoms with Crippen LogP contribution in [0.4, 0.5) is 5.69 Å². The molecule has 0 atom stereocenters. The summed E-state index contributed by atoms with van der Waals surface area (Å²) in [4.78, 5) is 8.13. The van der Waals surface area contributed by atoms with Gasteiger partial charge in [-0.05, 0) is 6.07 Å². The summed E-state index contributed by atoms with van der Waals surface area (Å²) in [7, 11) is -3.63. The molecule has 0 amide bonds. The van der Waals surface area contributed by atoms with Gasteiger partial charge in [0.2, 0.25) is 0 Å². The normalized spacial score (nSPS) is 11.4. The van der Waals surface area contributed by atoms with E-state index >= 15 is 0 Å². The lowest BCUT2D eigenvalue weighted by molar-refractivity contribution is 0.285. The highest BCUT2D eigenvalue weighted by Gasteiger charge is 2.16. The lowest BCUT2D eigenvalue weighted by atomic mass is 10.5. The molecule has 2 aromatic heterocycles. The monoisotopic (exact) mass is 271 g/mol. The number of rotatable bonds is 4. The average molecular weight is 271 g/mol. The Balaban J connectivity index is 2.25. The Kier molecular flexibility index (Phi) is 3.36. The maximum Gasteiger partial charge on any atom is 0.262 e. The first-order valence-electron chi connectivity index (χ1n) is 4.58. The number of hydrogen-bond donors (Lipinski definition) is 2. The van der Waals surface area contributed by atoms with Gasteiger partial charge in [-0.15, -0.1) is 11.3 Å². The quantitative estimate of drug-likeness (QED) is 0.859. The number of anilines is 1. The Hall–Kier alpha value is -1.51. The number of aliphatic hydroxyl groups is 1. The van der Waals surface area contributed by atoms with Crippen LogP contribution in [0.3, 0.4) is 0 Å². The zero-order chi connectivity index (χ0) is 12.3. The Morgan fingerprint density at radius 2 is 2.06 bits per heavy atom. The Morgan fingerprint density at radius 1 is 1.35 bits per heavy atom. The number of aromatic nitrogens is 2. The summed E-state index contributed by atoms with van der Waals surface area (Å²) in [6.45, 7) is -0.172. The third-order valence-electron chi connectivity index (χ3n) is 1.91. The standard InChI is InChI=1S/C9H9N3O3S2/c13-4-8-1-9(5-16-8)17(14,15)12-7-2-10-6-11-3-7/h1-3,5-6,12-13H,4H2. The molecule has 2 heterocycles. The summed E-state index contributed by atoms with van der Waals surface area (Å²) in [5.74, 6) is 0. The highest BCUT2D eigenvalue weighted by molar-refractivity contribution is 7.92. The Morgan fingerprint density at radius 3 is 2.65 bits per heavy atom. The second kappa shape index (κ2) is 4.78. The molecule has 0 aliphatic rings. The van der Waals surface area contributed by atoms with Gasteiger partial charge in [0.25, 0.3) is 10.0 Å². The summed E-state index contributed by atoms with van der Waals surface area (Å²) in [5.41, 5.74) is 0.296. The van der Waals surface area contributed by atoms with E-state index < -0.39 is 10.0 Å². The predicted molar refractivity (Wildman–Crippen MR) is 63.1 cm³/mol. The van der Waals surface area contributed by atoms with Crippen LogP contribution in [0.1, 0.15) is 4.88 Å². The molecule has 0 spiro atoms. The van der Waals surface area contributed by atoms with Crippen LogP contribution in [-0.4, -0.2) is 23.5 Å². The van der Waals surface area contributed by atoms with Crippen molar-refractivity contribution in [2.45, 2.75) is 11.5 Å². The third kappa shape index (κ3) is 2.78. The summed E-state index contributed by atoms with van der Waals surface area (Å²) < 4.78 is 26.1. The Labute approximate surface area is 102 Å². The van der Waals surface area contributed by atoms with Crippen LogP contribution in [0, 0.1) is 0 Å². The minimum atomic E-state index is -3.63. The van der Waals surface area contributed by atoms with Gasteiger partial charge in [-0.3, -0.25) is 4.72 Å². The molecule has 8 heteroatoms. The molecule has 2 rings (SSSR count). The van der Waals surface area contributed by atoms with Crippen molar-refractivity contribution in [1.82, 2.24) is 9.97 Å². The van der Waals surface area contributed by atoms with Crippen molar-refractivity contribution in [1.29, 1.82) is 0 Å². The number of nitrogens with one attached hydrogen (secondary N) is 1. The largest absolute Gasteiger partial charge is 0.391 e. The van der Waals surface area contributed by atoms with Crippen LogP contribution < -0.4 is 4.72 Å². The molecule has 2 N–H and O–H groups in total. The molecule has 0 bridgehead atoms.